The molecular formula is C24H20FN3O4. The molecule has 2 heterocycles. The van der Waals surface area contributed by atoms with Crippen molar-refractivity contribution in [2.24, 2.45) is 0 Å². The van der Waals surface area contributed by atoms with E-state index < -0.39 is 5.91 Å². The van der Waals surface area contributed by atoms with Crippen LogP contribution in [0.15, 0.2) is 77.3 Å². The fourth-order valence-corrected chi connectivity index (χ4v) is 3.03. The Labute approximate surface area is 183 Å². The lowest BCUT2D eigenvalue weighted by molar-refractivity contribution is 0.0990. The summed E-state index contributed by atoms with van der Waals surface area (Å²) >= 11 is 0. The third kappa shape index (κ3) is 5.28. The van der Waals surface area contributed by atoms with Crippen LogP contribution in [0, 0.1) is 5.82 Å². The number of hydrogen-bond acceptors (Lipinski definition) is 5. The SMILES string of the molecule is CC(=O)c1ccc(OCc2ccc(C(=O)Nc3ccn(Cc4cccc(F)c4)n3)o2)cc1. The summed E-state index contributed by atoms with van der Waals surface area (Å²) in [5.74, 6) is 0.758. The second kappa shape index (κ2) is 9.30. The molecular weight excluding hydrogens is 413 g/mol. The first-order valence-electron chi connectivity index (χ1n) is 9.88. The molecule has 0 aliphatic rings. The predicted octanol–water partition coefficient (Wildman–Crippen LogP) is 4.70. The highest BCUT2D eigenvalue weighted by Gasteiger charge is 2.13. The summed E-state index contributed by atoms with van der Waals surface area (Å²) in [4.78, 5) is 23.8. The highest BCUT2D eigenvalue weighted by atomic mass is 19.1. The molecule has 2 aromatic carbocycles. The molecule has 8 heteroatoms. The van der Waals surface area contributed by atoms with E-state index in [0.717, 1.165) is 5.56 Å². The van der Waals surface area contributed by atoms with E-state index in [1.165, 1.54) is 19.1 Å². The second-order valence-electron chi connectivity index (χ2n) is 7.12. The topological polar surface area (TPSA) is 86.4 Å². The van der Waals surface area contributed by atoms with Crippen LogP contribution >= 0.6 is 0 Å². The van der Waals surface area contributed by atoms with Crippen LogP contribution in [-0.4, -0.2) is 21.5 Å². The molecule has 0 radical (unpaired) electrons. The minimum atomic E-state index is -0.446. The van der Waals surface area contributed by atoms with Crippen molar-refractivity contribution in [2.45, 2.75) is 20.1 Å². The Morgan fingerprint density at radius 1 is 1.09 bits per heavy atom. The zero-order valence-electron chi connectivity index (χ0n) is 17.2. The number of benzene rings is 2. The number of Topliss-reactive ketones (excluding diaryl/α,β-unsaturated/α-hetero) is 1. The Kier molecular flexibility index (Phi) is 6.12. The number of carbonyl (C=O) groups excluding carboxylic acids is 2. The molecule has 2 aromatic heterocycles. The van der Waals surface area contributed by atoms with Crippen molar-refractivity contribution in [2.75, 3.05) is 5.32 Å². The van der Waals surface area contributed by atoms with Gasteiger partial charge in [0.25, 0.3) is 5.91 Å². The molecule has 0 atom stereocenters. The van der Waals surface area contributed by atoms with Gasteiger partial charge < -0.3 is 14.5 Å². The minimum Gasteiger partial charge on any atom is -0.486 e. The Morgan fingerprint density at radius 2 is 1.91 bits per heavy atom. The van der Waals surface area contributed by atoms with E-state index in [-0.39, 0.29) is 24.0 Å². The monoisotopic (exact) mass is 433 g/mol. The molecule has 1 amide bonds. The van der Waals surface area contributed by atoms with Crippen molar-refractivity contribution in [1.29, 1.82) is 0 Å². The molecule has 1 N–H and O–H groups in total. The summed E-state index contributed by atoms with van der Waals surface area (Å²) in [6.45, 7) is 2.01. The third-order valence-corrected chi connectivity index (χ3v) is 4.64. The lowest BCUT2D eigenvalue weighted by atomic mass is 10.1. The summed E-state index contributed by atoms with van der Waals surface area (Å²) in [5.41, 5.74) is 1.37. The van der Waals surface area contributed by atoms with Crippen LogP contribution in [0.25, 0.3) is 0 Å². The maximum atomic E-state index is 13.3. The molecule has 0 unspecified atom stereocenters. The molecule has 0 saturated carbocycles. The molecule has 0 aliphatic carbocycles. The quantitative estimate of drug-likeness (QED) is 0.407. The number of nitrogens with zero attached hydrogens (tertiary/aromatic N) is 2. The molecule has 4 aromatic rings. The zero-order chi connectivity index (χ0) is 22.5. The van der Waals surface area contributed by atoms with Crippen molar-refractivity contribution in [1.82, 2.24) is 9.78 Å². The molecule has 0 spiro atoms. The van der Waals surface area contributed by atoms with Crippen molar-refractivity contribution < 1.29 is 23.1 Å². The van der Waals surface area contributed by atoms with E-state index in [4.69, 9.17) is 9.15 Å². The third-order valence-electron chi connectivity index (χ3n) is 4.64. The summed E-state index contributed by atoms with van der Waals surface area (Å²) in [6, 6.07) is 17.9. The Hall–Kier alpha value is -4.20. The van der Waals surface area contributed by atoms with Gasteiger partial charge in [-0.3, -0.25) is 14.3 Å². The van der Waals surface area contributed by atoms with Crippen molar-refractivity contribution in [3.8, 4) is 5.75 Å². The summed E-state index contributed by atoms with van der Waals surface area (Å²) in [7, 11) is 0. The lowest BCUT2D eigenvalue weighted by Crippen LogP contribution is -2.12. The fraction of sp³-hybridized carbons (Fsp3) is 0.125. The highest BCUT2D eigenvalue weighted by Crippen LogP contribution is 2.17. The van der Waals surface area contributed by atoms with Crippen molar-refractivity contribution >= 4 is 17.5 Å². The molecule has 0 saturated heterocycles. The minimum absolute atomic E-state index is 0.0166. The Morgan fingerprint density at radius 3 is 2.66 bits per heavy atom. The maximum absolute atomic E-state index is 13.3. The van der Waals surface area contributed by atoms with E-state index in [1.807, 2.05) is 0 Å². The number of carbonyl (C=O) groups is 2. The van der Waals surface area contributed by atoms with Gasteiger partial charge in [0.1, 0.15) is 23.9 Å². The summed E-state index contributed by atoms with van der Waals surface area (Å²) in [6.07, 6.45) is 1.69. The van der Waals surface area contributed by atoms with Crippen LogP contribution in [0.3, 0.4) is 0 Å². The first kappa shape index (κ1) is 21.0. The van der Waals surface area contributed by atoms with Gasteiger partial charge in [0, 0.05) is 17.8 Å². The van der Waals surface area contributed by atoms with Gasteiger partial charge in [0.05, 0.1) is 6.54 Å². The van der Waals surface area contributed by atoms with Gasteiger partial charge in [-0.25, -0.2) is 4.39 Å². The van der Waals surface area contributed by atoms with Crippen LogP contribution in [-0.2, 0) is 13.2 Å². The highest BCUT2D eigenvalue weighted by molar-refractivity contribution is 6.01. The fourth-order valence-electron chi connectivity index (χ4n) is 3.03. The molecule has 7 nitrogen and oxygen atoms in total. The number of ketones is 1. The molecule has 0 fully saturated rings. The van der Waals surface area contributed by atoms with Gasteiger partial charge in [-0.15, -0.1) is 0 Å². The number of ether oxygens (including phenoxy) is 1. The average Bonchev–Trinajstić information content (AvgIpc) is 3.42. The first-order valence-corrected chi connectivity index (χ1v) is 9.88. The number of amides is 1. The van der Waals surface area contributed by atoms with E-state index in [2.05, 4.69) is 10.4 Å². The van der Waals surface area contributed by atoms with Crippen LogP contribution in [0.1, 0.15) is 39.2 Å². The van der Waals surface area contributed by atoms with Gasteiger partial charge in [-0.05, 0) is 61.0 Å². The number of rotatable bonds is 8. The largest absolute Gasteiger partial charge is 0.486 e. The number of hydrogen-bond donors (Lipinski definition) is 1. The zero-order valence-corrected chi connectivity index (χ0v) is 17.2. The Bertz CT molecular complexity index is 1240. The number of aromatic nitrogens is 2. The number of anilines is 1. The summed E-state index contributed by atoms with van der Waals surface area (Å²) < 4.78 is 26.1. The number of furan rings is 1. The molecule has 162 valence electrons. The van der Waals surface area contributed by atoms with Crippen molar-refractivity contribution in [3.63, 3.8) is 0 Å². The van der Waals surface area contributed by atoms with Crippen LogP contribution in [0.2, 0.25) is 0 Å². The normalized spacial score (nSPS) is 10.7. The van der Waals surface area contributed by atoms with Gasteiger partial charge in [0.2, 0.25) is 0 Å². The van der Waals surface area contributed by atoms with Crippen LogP contribution < -0.4 is 10.1 Å². The predicted molar refractivity (Wildman–Crippen MR) is 115 cm³/mol. The second-order valence-corrected chi connectivity index (χ2v) is 7.12. The molecule has 0 aliphatic heterocycles. The van der Waals surface area contributed by atoms with E-state index in [0.29, 0.717) is 29.4 Å². The van der Waals surface area contributed by atoms with Gasteiger partial charge >= 0.3 is 0 Å². The van der Waals surface area contributed by atoms with Crippen LogP contribution in [0.4, 0.5) is 10.2 Å². The van der Waals surface area contributed by atoms with E-state index in [9.17, 15) is 14.0 Å². The van der Waals surface area contributed by atoms with Gasteiger partial charge in [-0.1, -0.05) is 12.1 Å². The standard InChI is InChI=1S/C24H20FN3O4/c1-16(29)18-5-7-20(8-6-18)31-15-21-9-10-22(32-21)24(30)26-23-11-12-28(27-23)14-17-3-2-4-19(25)13-17/h2-13H,14-15H2,1H3,(H,26,27,30). The average molecular weight is 433 g/mol. The number of halogens is 1. The molecule has 32 heavy (non-hydrogen) atoms. The Balaban J connectivity index is 1.32. The molecule has 0 bridgehead atoms. The lowest BCUT2D eigenvalue weighted by Gasteiger charge is -2.05. The van der Waals surface area contributed by atoms with Crippen LogP contribution in [0.5, 0.6) is 5.75 Å². The summed E-state index contributed by atoms with van der Waals surface area (Å²) in [5, 5.41) is 6.94. The van der Waals surface area contributed by atoms with E-state index >= 15 is 0 Å². The van der Waals surface area contributed by atoms with E-state index in [1.54, 1.807) is 65.5 Å². The van der Waals surface area contributed by atoms with Gasteiger partial charge in [0.15, 0.2) is 17.4 Å². The first-order chi connectivity index (χ1) is 15.5. The van der Waals surface area contributed by atoms with Gasteiger partial charge in [-0.2, -0.15) is 5.10 Å². The molecule has 4 rings (SSSR count). The number of nitrogens with one attached hydrogen (secondary N) is 1. The smallest absolute Gasteiger partial charge is 0.292 e. The maximum Gasteiger partial charge on any atom is 0.292 e. The van der Waals surface area contributed by atoms with Crippen molar-refractivity contribution in [3.05, 3.63) is 101 Å².